The number of aryl methyl sites for hydroxylation is 1. The summed E-state index contributed by atoms with van der Waals surface area (Å²) in [6.45, 7) is 2.33. The molecule has 4 nitrogen and oxygen atoms in total. The smallest absolute Gasteiger partial charge is 0.203 e. The van der Waals surface area contributed by atoms with Crippen molar-refractivity contribution in [2.45, 2.75) is 13.5 Å². The van der Waals surface area contributed by atoms with Crippen molar-refractivity contribution in [2.75, 3.05) is 5.43 Å². The number of benzene rings is 2. The van der Waals surface area contributed by atoms with Crippen LogP contribution in [0.2, 0.25) is 0 Å². The highest BCUT2D eigenvalue weighted by atomic mass is 32.1. The SMILES string of the molecule is Cc1csc(NN=Cc2ccc(COc3cccc(F)c3)cc2)n1. The maximum Gasteiger partial charge on any atom is 0.203 e. The summed E-state index contributed by atoms with van der Waals surface area (Å²) in [5, 5.41) is 6.89. The van der Waals surface area contributed by atoms with Gasteiger partial charge in [-0.1, -0.05) is 30.3 Å². The lowest BCUT2D eigenvalue weighted by Gasteiger charge is -2.06. The van der Waals surface area contributed by atoms with Crippen LogP contribution in [-0.2, 0) is 6.61 Å². The molecule has 3 aromatic rings. The molecule has 122 valence electrons. The minimum atomic E-state index is -0.304. The molecule has 0 aliphatic heterocycles. The van der Waals surface area contributed by atoms with Gasteiger partial charge in [-0.25, -0.2) is 9.37 Å². The highest BCUT2D eigenvalue weighted by molar-refractivity contribution is 7.13. The second-order valence-electron chi connectivity index (χ2n) is 5.15. The molecule has 0 saturated carbocycles. The Morgan fingerprint density at radius 1 is 1.25 bits per heavy atom. The summed E-state index contributed by atoms with van der Waals surface area (Å²) in [4.78, 5) is 4.27. The lowest BCUT2D eigenvalue weighted by Crippen LogP contribution is -1.96. The number of hydrogen-bond donors (Lipinski definition) is 1. The van der Waals surface area contributed by atoms with Crippen molar-refractivity contribution in [2.24, 2.45) is 5.10 Å². The second kappa shape index (κ2) is 7.70. The molecule has 0 spiro atoms. The fraction of sp³-hybridized carbons (Fsp3) is 0.111. The zero-order chi connectivity index (χ0) is 16.8. The topological polar surface area (TPSA) is 46.5 Å². The Morgan fingerprint density at radius 2 is 2.08 bits per heavy atom. The van der Waals surface area contributed by atoms with Crippen molar-refractivity contribution in [1.29, 1.82) is 0 Å². The highest BCUT2D eigenvalue weighted by Crippen LogP contribution is 2.15. The number of nitrogens with zero attached hydrogens (tertiary/aromatic N) is 2. The Labute approximate surface area is 143 Å². The largest absolute Gasteiger partial charge is 0.489 e. The molecule has 0 unspecified atom stereocenters. The van der Waals surface area contributed by atoms with Gasteiger partial charge < -0.3 is 4.74 Å². The predicted molar refractivity (Wildman–Crippen MR) is 95.2 cm³/mol. The summed E-state index contributed by atoms with van der Waals surface area (Å²) in [5.41, 5.74) is 5.83. The number of anilines is 1. The van der Waals surface area contributed by atoms with Gasteiger partial charge in [-0.3, -0.25) is 5.43 Å². The molecule has 0 aliphatic carbocycles. The summed E-state index contributed by atoms with van der Waals surface area (Å²) in [6, 6.07) is 13.9. The zero-order valence-corrected chi connectivity index (χ0v) is 13.9. The van der Waals surface area contributed by atoms with Crippen LogP contribution < -0.4 is 10.2 Å². The van der Waals surface area contributed by atoms with Crippen LogP contribution in [0.15, 0.2) is 59.0 Å². The van der Waals surface area contributed by atoms with Gasteiger partial charge in [0.2, 0.25) is 5.13 Å². The number of hydrogen-bond acceptors (Lipinski definition) is 5. The number of rotatable bonds is 6. The third kappa shape index (κ3) is 4.63. The molecule has 24 heavy (non-hydrogen) atoms. The third-order valence-electron chi connectivity index (χ3n) is 3.17. The van der Waals surface area contributed by atoms with Crippen LogP contribution in [0.1, 0.15) is 16.8 Å². The molecule has 1 heterocycles. The monoisotopic (exact) mass is 341 g/mol. The summed E-state index contributed by atoms with van der Waals surface area (Å²) < 4.78 is 18.6. The number of nitrogens with one attached hydrogen (secondary N) is 1. The van der Waals surface area contributed by atoms with Crippen molar-refractivity contribution in [3.8, 4) is 5.75 Å². The van der Waals surface area contributed by atoms with E-state index in [2.05, 4.69) is 15.5 Å². The highest BCUT2D eigenvalue weighted by Gasteiger charge is 1.98. The zero-order valence-electron chi connectivity index (χ0n) is 13.1. The number of thiazole rings is 1. The number of ether oxygens (including phenoxy) is 1. The number of halogens is 1. The first-order valence-corrected chi connectivity index (χ1v) is 8.25. The van der Waals surface area contributed by atoms with E-state index in [1.165, 1.54) is 23.5 Å². The minimum Gasteiger partial charge on any atom is -0.489 e. The van der Waals surface area contributed by atoms with Gasteiger partial charge in [-0.15, -0.1) is 11.3 Å². The van der Waals surface area contributed by atoms with Crippen LogP contribution in [-0.4, -0.2) is 11.2 Å². The Balaban J connectivity index is 1.53. The van der Waals surface area contributed by atoms with Gasteiger partial charge in [-0.2, -0.15) is 5.10 Å². The summed E-state index contributed by atoms with van der Waals surface area (Å²) >= 11 is 1.51. The van der Waals surface area contributed by atoms with Crippen LogP contribution in [0.3, 0.4) is 0 Å². The van der Waals surface area contributed by atoms with Gasteiger partial charge >= 0.3 is 0 Å². The maximum absolute atomic E-state index is 13.1. The first kappa shape index (κ1) is 16.1. The first-order valence-electron chi connectivity index (χ1n) is 7.37. The van der Waals surface area contributed by atoms with E-state index in [4.69, 9.17) is 4.74 Å². The Kier molecular flexibility index (Phi) is 5.18. The Hall–Kier alpha value is -2.73. The fourth-order valence-corrected chi connectivity index (χ4v) is 2.63. The lowest BCUT2D eigenvalue weighted by molar-refractivity contribution is 0.304. The van der Waals surface area contributed by atoms with Gasteiger partial charge in [0.25, 0.3) is 0 Å². The number of aromatic nitrogens is 1. The van der Waals surface area contributed by atoms with Gasteiger partial charge in [0, 0.05) is 11.4 Å². The van der Waals surface area contributed by atoms with E-state index < -0.39 is 0 Å². The molecule has 0 aliphatic rings. The van der Waals surface area contributed by atoms with E-state index >= 15 is 0 Å². The molecular formula is C18H16FN3OS. The molecule has 0 fully saturated rings. The van der Waals surface area contributed by atoms with Crippen LogP contribution in [0.25, 0.3) is 0 Å². The molecule has 1 N–H and O–H groups in total. The van der Waals surface area contributed by atoms with E-state index in [1.807, 2.05) is 36.6 Å². The average molecular weight is 341 g/mol. The molecule has 0 atom stereocenters. The lowest BCUT2D eigenvalue weighted by atomic mass is 10.1. The fourth-order valence-electron chi connectivity index (χ4n) is 1.99. The molecular weight excluding hydrogens is 325 g/mol. The van der Waals surface area contributed by atoms with E-state index in [1.54, 1.807) is 18.3 Å². The Morgan fingerprint density at radius 3 is 2.79 bits per heavy atom. The van der Waals surface area contributed by atoms with E-state index in [0.717, 1.165) is 22.0 Å². The second-order valence-corrected chi connectivity index (χ2v) is 6.01. The molecule has 2 aromatic carbocycles. The van der Waals surface area contributed by atoms with Gasteiger partial charge in [-0.05, 0) is 30.2 Å². The van der Waals surface area contributed by atoms with Crippen molar-refractivity contribution in [1.82, 2.24) is 4.98 Å². The molecule has 0 bridgehead atoms. The third-order valence-corrected chi connectivity index (χ3v) is 4.04. The van der Waals surface area contributed by atoms with E-state index in [-0.39, 0.29) is 5.82 Å². The van der Waals surface area contributed by atoms with Gasteiger partial charge in [0.05, 0.1) is 11.9 Å². The van der Waals surface area contributed by atoms with Gasteiger partial charge in [0.1, 0.15) is 18.2 Å². The van der Waals surface area contributed by atoms with Crippen LogP contribution in [0.5, 0.6) is 5.75 Å². The summed E-state index contributed by atoms with van der Waals surface area (Å²) in [5.74, 6) is 0.213. The molecule has 0 radical (unpaired) electrons. The normalized spacial score (nSPS) is 10.9. The molecule has 3 rings (SSSR count). The maximum atomic E-state index is 13.1. The van der Waals surface area contributed by atoms with E-state index in [9.17, 15) is 4.39 Å². The minimum absolute atomic E-state index is 0.304. The average Bonchev–Trinajstić information content (AvgIpc) is 3.00. The molecule has 1 aromatic heterocycles. The predicted octanol–water partition coefficient (Wildman–Crippen LogP) is 4.62. The van der Waals surface area contributed by atoms with Crippen LogP contribution >= 0.6 is 11.3 Å². The summed E-state index contributed by atoms with van der Waals surface area (Å²) in [7, 11) is 0. The molecule has 0 amide bonds. The van der Waals surface area contributed by atoms with Crippen molar-refractivity contribution in [3.05, 3.63) is 76.5 Å². The quantitative estimate of drug-likeness (QED) is 0.526. The molecule has 0 saturated heterocycles. The van der Waals surface area contributed by atoms with Crippen molar-refractivity contribution >= 4 is 22.7 Å². The van der Waals surface area contributed by atoms with E-state index in [0.29, 0.717) is 12.4 Å². The summed E-state index contributed by atoms with van der Waals surface area (Å²) in [6.07, 6.45) is 1.73. The van der Waals surface area contributed by atoms with Gasteiger partial charge in [0.15, 0.2) is 0 Å². The van der Waals surface area contributed by atoms with Crippen molar-refractivity contribution in [3.63, 3.8) is 0 Å². The standard InChI is InChI=1S/C18H16FN3OS/c1-13-12-24-18(21-13)22-20-10-14-5-7-15(8-6-14)11-23-17-4-2-3-16(19)9-17/h2-10,12H,11H2,1H3,(H,21,22). The van der Waals surface area contributed by atoms with Crippen molar-refractivity contribution < 1.29 is 9.13 Å². The first-order chi connectivity index (χ1) is 11.7. The Bertz CT molecular complexity index is 830. The number of hydrazone groups is 1. The van der Waals surface area contributed by atoms with Crippen LogP contribution in [0, 0.1) is 12.7 Å². The van der Waals surface area contributed by atoms with Crippen LogP contribution in [0.4, 0.5) is 9.52 Å². The molecule has 6 heteroatoms.